The normalized spacial score (nSPS) is 10.7. The zero-order chi connectivity index (χ0) is 13.8. The smallest absolute Gasteiger partial charge is 0.128 e. The number of nitrogens with two attached hydrogens (primary N) is 1. The number of nitrogens with zero attached hydrogens (tertiary/aromatic N) is 1. The van der Waals surface area contributed by atoms with E-state index in [0.717, 1.165) is 28.4 Å². The molecule has 0 aliphatic rings. The minimum atomic E-state index is 0.637. The van der Waals surface area contributed by atoms with Crippen molar-refractivity contribution in [2.24, 2.45) is 5.73 Å². The highest BCUT2D eigenvalue weighted by atomic mass is 32.1. The van der Waals surface area contributed by atoms with Crippen molar-refractivity contribution >= 4 is 11.3 Å². The van der Waals surface area contributed by atoms with Gasteiger partial charge in [0, 0.05) is 17.4 Å². The van der Waals surface area contributed by atoms with Gasteiger partial charge in [0.25, 0.3) is 0 Å². The minimum absolute atomic E-state index is 0.637. The van der Waals surface area contributed by atoms with Crippen molar-refractivity contribution < 1.29 is 4.74 Å². The fourth-order valence-electron chi connectivity index (χ4n) is 1.94. The van der Waals surface area contributed by atoms with E-state index in [2.05, 4.69) is 36.3 Å². The number of hydrogen-bond donors (Lipinski definition) is 1. The zero-order valence-electron chi connectivity index (χ0n) is 11.7. The van der Waals surface area contributed by atoms with E-state index in [1.165, 1.54) is 11.1 Å². The second-order valence-electron chi connectivity index (χ2n) is 4.53. The van der Waals surface area contributed by atoms with E-state index in [9.17, 15) is 0 Å². The molecule has 1 heterocycles. The average Bonchev–Trinajstić information content (AvgIpc) is 2.83. The molecule has 0 bridgehead atoms. The summed E-state index contributed by atoms with van der Waals surface area (Å²) in [7, 11) is 0. The minimum Gasteiger partial charge on any atom is -0.493 e. The Balaban J connectivity index is 2.43. The molecule has 0 fully saturated rings. The van der Waals surface area contributed by atoms with Crippen LogP contribution in [-0.4, -0.2) is 18.1 Å². The lowest BCUT2D eigenvalue weighted by Crippen LogP contribution is -2.02. The number of rotatable bonds is 5. The lowest BCUT2D eigenvalue weighted by atomic mass is 10.0. The van der Waals surface area contributed by atoms with Gasteiger partial charge in [0.2, 0.25) is 0 Å². The first-order chi connectivity index (χ1) is 9.15. The third-order valence-electron chi connectivity index (χ3n) is 3.08. The molecule has 102 valence electrons. The van der Waals surface area contributed by atoms with Crippen molar-refractivity contribution in [3.63, 3.8) is 0 Å². The van der Waals surface area contributed by atoms with Crippen molar-refractivity contribution in [1.29, 1.82) is 0 Å². The van der Waals surface area contributed by atoms with Gasteiger partial charge in [-0.3, -0.25) is 0 Å². The largest absolute Gasteiger partial charge is 0.493 e. The predicted octanol–water partition coefficient (Wildman–Crippen LogP) is 3.33. The van der Waals surface area contributed by atoms with Crippen LogP contribution in [0, 0.1) is 13.8 Å². The fourth-order valence-corrected chi connectivity index (χ4v) is 2.75. The molecule has 0 amide bonds. The van der Waals surface area contributed by atoms with Crippen LogP contribution in [0.5, 0.6) is 5.75 Å². The highest BCUT2D eigenvalue weighted by Gasteiger charge is 2.12. The van der Waals surface area contributed by atoms with E-state index in [0.29, 0.717) is 13.2 Å². The first-order valence-corrected chi connectivity index (χ1v) is 7.42. The number of aryl methyl sites for hydroxylation is 2. The Morgan fingerprint density at radius 1 is 1.26 bits per heavy atom. The lowest BCUT2D eigenvalue weighted by Gasteiger charge is -2.11. The third kappa shape index (κ3) is 3.14. The summed E-state index contributed by atoms with van der Waals surface area (Å²) in [6.45, 7) is 7.51. The van der Waals surface area contributed by atoms with Crippen molar-refractivity contribution in [2.75, 3.05) is 13.2 Å². The van der Waals surface area contributed by atoms with Gasteiger partial charge in [0.15, 0.2) is 0 Å². The summed E-state index contributed by atoms with van der Waals surface area (Å²) in [4.78, 5) is 4.64. The van der Waals surface area contributed by atoms with Crippen LogP contribution in [0.2, 0.25) is 0 Å². The molecule has 1 aromatic carbocycles. The maximum atomic E-state index is 5.74. The van der Waals surface area contributed by atoms with Gasteiger partial charge in [-0.1, -0.05) is 0 Å². The summed E-state index contributed by atoms with van der Waals surface area (Å²) in [6, 6.07) is 4.25. The molecule has 0 radical (unpaired) electrons. The summed E-state index contributed by atoms with van der Waals surface area (Å²) >= 11 is 1.66. The van der Waals surface area contributed by atoms with Crippen LogP contribution in [0.1, 0.15) is 23.1 Å². The van der Waals surface area contributed by atoms with Crippen molar-refractivity contribution in [1.82, 2.24) is 4.98 Å². The molecule has 2 N–H and O–H groups in total. The van der Waals surface area contributed by atoms with Crippen LogP contribution in [-0.2, 0) is 6.42 Å². The molecular formula is C15H20N2OS. The second kappa shape index (κ2) is 6.17. The summed E-state index contributed by atoms with van der Waals surface area (Å²) in [5.74, 6) is 0.912. The molecule has 0 aliphatic carbocycles. The highest BCUT2D eigenvalue weighted by molar-refractivity contribution is 7.09. The maximum Gasteiger partial charge on any atom is 0.128 e. The molecule has 0 spiro atoms. The molecule has 1 aromatic heterocycles. The number of hydrogen-bond acceptors (Lipinski definition) is 4. The standard InChI is InChI=1S/C15H20N2OS/c1-4-18-14-8-11(3)10(2)7-12(14)13-9-19-15(17-13)5-6-16/h7-9H,4-6,16H2,1-3H3. The third-order valence-corrected chi connectivity index (χ3v) is 3.99. The molecule has 4 heteroatoms. The molecule has 2 rings (SSSR count). The molecule has 3 nitrogen and oxygen atoms in total. The number of benzene rings is 1. The van der Waals surface area contributed by atoms with E-state index in [-0.39, 0.29) is 0 Å². The molecule has 2 aromatic rings. The molecule has 0 saturated carbocycles. The van der Waals surface area contributed by atoms with Crippen molar-refractivity contribution in [2.45, 2.75) is 27.2 Å². The number of ether oxygens (including phenoxy) is 1. The van der Waals surface area contributed by atoms with E-state index >= 15 is 0 Å². The Labute approximate surface area is 118 Å². The summed E-state index contributed by atoms with van der Waals surface area (Å²) in [5, 5.41) is 3.16. The average molecular weight is 276 g/mol. The first-order valence-electron chi connectivity index (χ1n) is 6.54. The van der Waals surface area contributed by atoms with Crippen LogP contribution in [0.25, 0.3) is 11.3 Å². The van der Waals surface area contributed by atoms with Crippen LogP contribution in [0.4, 0.5) is 0 Å². The van der Waals surface area contributed by atoms with Crippen LogP contribution < -0.4 is 10.5 Å². The van der Waals surface area contributed by atoms with E-state index in [1.54, 1.807) is 11.3 Å². The molecule has 19 heavy (non-hydrogen) atoms. The quantitative estimate of drug-likeness (QED) is 0.911. The lowest BCUT2D eigenvalue weighted by molar-refractivity contribution is 0.341. The van der Waals surface area contributed by atoms with Crippen molar-refractivity contribution in [3.05, 3.63) is 33.6 Å². The van der Waals surface area contributed by atoms with Crippen LogP contribution in [0.3, 0.4) is 0 Å². The van der Waals surface area contributed by atoms with E-state index in [1.807, 2.05) is 6.92 Å². The molecular weight excluding hydrogens is 256 g/mol. The molecule has 0 saturated heterocycles. The van der Waals surface area contributed by atoms with E-state index in [4.69, 9.17) is 10.5 Å². The number of aromatic nitrogens is 1. The Morgan fingerprint density at radius 3 is 2.68 bits per heavy atom. The van der Waals surface area contributed by atoms with Gasteiger partial charge in [-0.05, 0) is 50.6 Å². The van der Waals surface area contributed by atoms with Crippen molar-refractivity contribution in [3.8, 4) is 17.0 Å². The number of thiazole rings is 1. The Bertz CT molecular complexity index is 563. The topological polar surface area (TPSA) is 48.1 Å². The molecule has 0 atom stereocenters. The SMILES string of the molecule is CCOc1cc(C)c(C)cc1-c1csc(CCN)n1. The monoisotopic (exact) mass is 276 g/mol. The Kier molecular flexibility index (Phi) is 4.56. The zero-order valence-corrected chi connectivity index (χ0v) is 12.5. The summed E-state index contributed by atoms with van der Waals surface area (Å²) in [5.41, 5.74) is 10.1. The van der Waals surface area contributed by atoms with Crippen LogP contribution in [0.15, 0.2) is 17.5 Å². The highest BCUT2D eigenvalue weighted by Crippen LogP contribution is 2.33. The fraction of sp³-hybridized carbons (Fsp3) is 0.400. The van der Waals surface area contributed by atoms with Gasteiger partial charge in [0.1, 0.15) is 5.75 Å². The van der Waals surface area contributed by atoms with Gasteiger partial charge in [0.05, 0.1) is 17.3 Å². The maximum absolute atomic E-state index is 5.74. The summed E-state index contributed by atoms with van der Waals surface area (Å²) < 4.78 is 5.74. The Morgan fingerprint density at radius 2 is 2.00 bits per heavy atom. The molecule has 0 unspecified atom stereocenters. The predicted molar refractivity (Wildman–Crippen MR) is 81.0 cm³/mol. The van der Waals surface area contributed by atoms with Gasteiger partial charge in [-0.2, -0.15) is 0 Å². The van der Waals surface area contributed by atoms with Crippen LogP contribution >= 0.6 is 11.3 Å². The van der Waals surface area contributed by atoms with Gasteiger partial charge in [-0.25, -0.2) is 4.98 Å². The van der Waals surface area contributed by atoms with E-state index < -0.39 is 0 Å². The van der Waals surface area contributed by atoms with Gasteiger partial charge < -0.3 is 10.5 Å². The molecule has 0 aliphatic heterocycles. The van der Waals surface area contributed by atoms with Gasteiger partial charge in [-0.15, -0.1) is 11.3 Å². The first kappa shape index (κ1) is 14.0. The summed E-state index contributed by atoms with van der Waals surface area (Å²) in [6.07, 6.45) is 0.833. The van der Waals surface area contributed by atoms with Gasteiger partial charge >= 0.3 is 0 Å². The Hall–Kier alpha value is -1.39. The second-order valence-corrected chi connectivity index (χ2v) is 5.47.